The molecule has 1 rings (SSSR count). The smallest absolute Gasteiger partial charge is 0.236 e. The van der Waals surface area contributed by atoms with E-state index in [2.05, 4.69) is 22.2 Å². The SMILES string of the molecule is CCCNCC(=O)N(C)Cc1ncc[nH]1. The molecule has 0 atom stereocenters. The van der Waals surface area contributed by atoms with Crippen molar-refractivity contribution in [3.63, 3.8) is 0 Å². The predicted octanol–water partition coefficient (Wildman–Crippen LogP) is 0.368. The predicted molar refractivity (Wildman–Crippen MR) is 58.2 cm³/mol. The number of nitrogens with zero attached hydrogens (tertiary/aromatic N) is 2. The maximum absolute atomic E-state index is 11.6. The fourth-order valence-corrected chi connectivity index (χ4v) is 1.20. The van der Waals surface area contributed by atoms with Crippen LogP contribution in [0.4, 0.5) is 0 Å². The zero-order valence-corrected chi connectivity index (χ0v) is 9.29. The third kappa shape index (κ3) is 4.12. The molecule has 1 heterocycles. The zero-order valence-electron chi connectivity index (χ0n) is 9.29. The van der Waals surface area contributed by atoms with E-state index in [4.69, 9.17) is 0 Å². The molecule has 0 fully saturated rings. The molecule has 1 aromatic rings. The number of rotatable bonds is 6. The van der Waals surface area contributed by atoms with Crippen LogP contribution in [0.2, 0.25) is 0 Å². The van der Waals surface area contributed by atoms with Crippen molar-refractivity contribution in [3.05, 3.63) is 18.2 Å². The highest BCUT2D eigenvalue weighted by atomic mass is 16.2. The standard InChI is InChI=1S/C10H18N4O/c1-3-4-11-7-10(15)14(2)8-9-12-5-6-13-9/h5-6,11H,3-4,7-8H2,1-2H3,(H,12,13). The summed E-state index contributed by atoms with van der Waals surface area (Å²) in [6.07, 6.45) is 4.47. The van der Waals surface area contributed by atoms with Crippen LogP contribution in [0.3, 0.4) is 0 Å². The fourth-order valence-electron chi connectivity index (χ4n) is 1.20. The number of carbonyl (C=O) groups is 1. The minimum absolute atomic E-state index is 0.0832. The van der Waals surface area contributed by atoms with Crippen LogP contribution in [0.1, 0.15) is 19.2 Å². The van der Waals surface area contributed by atoms with Crippen LogP contribution >= 0.6 is 0 Å². The Bertz CT molecular complexity index is 284. The lowest BCUT2D eigenvalue weighted by atomic mass is 10.4. The molecule has 0 spiro atoms. The third-order valence-corrected chi connectivity index (χ3v) is 2.07. The van der Waals surface area contributed by atoms with Gasteiger partial charge in [-0.15, -0.1) is 0 Å². The Balaban J connectivity index is 2.27. The first-order chi connectivity index (χ1) is 7.24. The van der Waals surface area contributed by atoms with Crippen LogP contribution in [-0.4, -0.2) is 40.9 Å². The molecule has 5 heteroatoms. The van der Waals surface area contributed by atoms with Gasteiger partial charge in [0.2, 0.25) is 5.91 Å². The lowest BCUT2D eigenvalue weighted by molar-refractivity contribution is -0.129. The van der Waals surface area contributed by atoms with Crippen LogP contribution in [0.5, 0.6) is 0 Å². The topological polar surface area (TPSA) is 61.0 Å². The monoisotopic (exact) mass is 210 g/mol. The molecule has 0 radical (unpaired) electrons. The average Bonchev–Trinajstić information content (AvgIpc) is 2.70. The van der Waals surface area contributed by atoms with Crippen LogP contribution in [0.15, 0.2) is 12.4 Å². The van der Waals surface area contributed by atoms with Crippen molar-refractivity contribution in [2.75, 3.05) is 20.1 Å². The molecule has 5 nitrogen and oxygen atoms in total. The second kappa shape index (κ2) is 6.19. The number of hydrogen-bond acceptors (Lipinski definition) is 3. The van der Waals surface area contributed by atoms with E-state index < -0.39 is 0 Å². The van der Waals surface area contributed by atoms with Crippen molar-refractivity contribution in [2.45, 2.75) is 19.9 Å². The van der Waals surface area contributed by atoms with Crippen LogP contribution < -0.4 is 5.32 Å². The number of amides is 1. The van der Waals surface area contributed by atoms with E-state index in [0.717, 1.165) is 18.8 Å². The Morgan fingerprint density at radius 3 is 3.07 bits per heavy atom. The van der Waals surface area contributed by atoms with Gasteiger partial charge in [-0.25, -0.2) is 4.98 Å². The van der Waals surface area contributed by atoms with E-state index in [1.807, 2.05) is 0 Å². The Morgan fingerprint density at radius 1 is 1.67 bits per heavy atom. The van der Waals surface area contributed by atoms with Gasteiger partial charge in [0.15, 0.2) is 0 Å². The van der Waals surface area contributed by atoms with E-state index in [9.17, 15) is 4.79 Å². The van der Waals surface area contributed by atoms with E-state index in [1.165, 1.54) is 0 Å². The van der Waals surface area contributed by atoms with Crippen molar-refractivity contribution in [1.29, 1.82) is 0 Å². The first kappa shape index (κ1) is 11.7. The summed E-state index contributed by atoms with van der Waals surface area (Å²) in [7, 11) is 1.78. The highest BCUT2D eigenvalue weighted by Gasteiger charge is 2.08. The molecule has 0 unspecified atom stereocenters. The number of likely N-dealkylation sites (N-methyl/N-ethyl adjacent to an activating group) is 1. The van der Waals surface area contributed by atoms with Gasteiger partial charge in [-0.3, -0.25) is 4.79 Å². The number of H-pyrrole nitrogens is 1. The highest BCUT2D eigenvalue weighted by Crippen LogP contribution is 1.95. The lowest BCUT2D eigenvalue weighted by Crippen LogP contribution is -2.35. The van der Waals surface area contributed by atoms with Gasteiger partial charge in [-0.05, 0) is 13.0 Å². The molecule has 0 aliphatic rings. The van der Waals surface area contributed by atoms with Gasteiger partial charge in [0.25, 0.3) is 0 Å². The van der Waals surface area contributed by atoms with Gasteiger partial charge < -0.3 is 15.2 Å². The lowest BCUT2D eigenvalue weighted by Gasteiger charge is -2.15. The normalized spacial score (nSPS) is 10.3. The summed E-state index contributed by atoms with van der Waals surface area (Å²) in [5.41, 5.74) is 0. The van der Waals surface area contributed by atoms with Crippen molar-refractivity contribution in [1.82, 2.24) is 20.2 Å². The molecule has 0 aliphatic heterocycles. The van der Waals surface area contributed by atoms with Crippen LogP contribution in [0, 0.1) is 0 Å². The number of aromatic amines is 1. The highest BCUT2D eigenvalue weighted by molar-refractivity contribution is 5.77. The van der Waals surface area contributed by atoms with Crippen LogP contribution in [-0.2, 0) is 11.3 Å². The molecule has 0 aromatic carbocycles. The summed E-state index contributed by atoms with van der Waals surface area (Å²) in [6.45, 7) is 3.87. The summed E-state index contributed by atoms with van der Waals surface area (Å²) >= 11 is 0. The third-order valence-electron chi connectivity index (χ3n) is 2.07. The van der Waals surface area contributed by atoms with Crippen molar-refractivity contribution >= 4 is 5.91 Å². The molecule has 15 heavy (non-hydrogen) atoms. The molecule has 0 bridgehead atoms. The Kier molecular flexibility index (Phi) is 4.83. The molecule has 1 amide bonds. The number of carbonyl (C=O) groups excluding carboxylic acids is 1. The Hall–Kier alpha value is -1.36. The molecule has 1 aromatic heterocycles. The summed E-state index contributed by atoms with van der Waals surface area (Å²) in [4.78, 5) is 20.3. The Labute approximate surface area is 89.9 Å². The summed E-state index contributed by atoms with van der Waals surface area (Å²) in [5, 5.41) is 3.07. The maximum atomic E-state index is 11.6. The molecule has 0 saturated heterocycles. The van der Waals surface area contributed by atoms with Crippen molar-refractivity contribution in [2.24, 2.45) is 0 Å². The number of nitrogens with one attached hydrogen (secondary N) is 2. The largest absolute Gasteiger partial charge is 0.347 e. The van der Waals surface area contributed by atoms with Gasteiger partial charge in [0.05, 0.1) is 13.1 Å². The van der Waals surface area contributed by atoms with Crippen molar-refractivity contribution in [3.8, 4) is 0 Å². The van der Waals surface area contributed by atoms with Gasteiger partial charge >= 0.3 is 0 Å². The van der Waals surface area contributed by atoms with Gasteiger partial charge in [-0.2, -0.15) is 0 Å². The molecular formula is C10H18N4O. The second-order valence-corrected chi connectivity index (χ2v) is 3.46. The number of hydrogen-bond donors (Lipinski definition) is 2. The molecule has 0 saturated carbocycles. The summed E-state index contributed by atoms with van der Waals surface area (Å²) < 4.78 is 0. The van der Waals surface area contributed by atoms with E-state index in [-0.39, 0.29) is 5.91 Å². The quantitative estimate of drug-likeness (QED) is 0.667. The zero-order chi connectivity index (χ0) is 11.1. The minimum Gasteiger partial charge on any atom is -0.347 e. The van der Waals surface area contributed by atoms with E-state index in [1.54, 1.807) is 24.3 Å². The summed E-state index contributed by atoms with van der Waals surface area (Å²) in [5.74, 6) is 0.890. The first-order valence-electron chi connectivity index (χ1n) is 5.17. The van der Waals surface area contributed by atoms with Gasteiger partial charge in [0.1, 0.15) is 5.82 Å². The minimum atomic E-state index is 0.0832. The summed E-state index contributed by atoms with van der Waals surface area (Å²) in [6, 6.07) is 0. The number of imidazole rings is 1. The molecule has 0 aliphatic carbocycles. The van der Waals surface area contributed by atoms with E-state index in [0.29, 0.717) is 13.1 Å². The molecular weight excluding hydrogens is 192 g/mol. The molecule has 84 valence electrons. The fraction of sp³-hybridized carbons (Fsp3) is 0.600. The second-order valence-electron chi connectivity index (χ2n) is 3.46. The average molecular weight is 210 g/mol. The molecule has 2 N–H and O–H groups in total. The maximum Gasteiger partial charge on any atom is 0.236 e. The van der Waals surface area contributed by atoms with Crippen LogP contribution in [0.25, 0.3) is 0 Å². The van der Waals surface area contributed by atoms with Crippen molar-refractivity contribution < 1.29 is 4.79 Å². The Morgan fingerprint density at radius 2 is 2.47 bits per heavy atom. The van der Waals surface area contributed by atoms with Gasteiger partial charge in [-0.1, -0.05) is 6.92 Å². The van der Waals surface area contributed by atoms with E-state index >= 15 is 0 Å². The first-order valence-corrected chi connectivity index (χ1v) is 5.17. The van der Waals surface area contributed by atoms with Gasteiger partial charge in [0, 0.05) is 19.4 Å². The number of aromatic nitrogens is 2.